The topological polar surface area (TPSA) is 85.2 Å². The van der Waals surface area contributed by atoms with E-state index in [1.165, 1.54) is 0 Å². The highest BCUT2D eigenvalue weighted by molar-refractivity contribution is 6.05. The normalized spacial score (nSPS) is 13.0. The van der Waals surface area contributed by atoms with Crippen LogP contribution in [0.15, 0.2) is 60.9 Å². The molecule has 0 saturated heterocycles. The van der Waals surface area contributed by atoms with Gasteiger partial charge in [0.25, 0.3) is 5.91 Å². The van der Waals surface area contributed by atoms with Crippen LogP contribution < -0.4 is 15.4 Å². The molecule has 1 aliphatic rings. The summed E-state index contributed by atoms with van der Waals surface area (Å²) in [6, 6.07) is 14.1. The number of anilines is 2. The fraction of sp³-hybridized carbons (Fsp3) is 0.227. The Balaban J connectivity index is 1.34. The zero-order valence-corrected chi connectivity index (χ0v) is 16.1. The van der Waals surface area contributed by atoms with Gasteiger partial charge in [-0.2, -0.15) is 0 Å². The minimum absolute atomic E-state index is 0.0173. The second-order valence-corrected chi connectivity index (χ2v) is 7.07. The quantitative estimate of drug-likeness (QED) is 0.645. The molecule has 0 bridgehead atoms. The molecule has 2 amide bonds. The van der Waals surface area contributed by atoms with E-state index in [2.05, 4.69) is 15.6 Å². The summed E-state index contributed by atoms with van der Waals surface area (Å²) in [5, 5.41) is 5.71. The number of imidazole rings is 1. The van der Waals surface area contributed by atoms with Crippen molar-refractivity contribution >= 4 is 23.2 Å². The maximum absolute atomic E-state index is 12.5. The highest BCUT2D eigenvalue weighted by atomic mass is 16.5. The lowest BCUT2D eigenvalue weighted by Crippen LogP contribution is -2.15. The highest BCUT2D eigenvalue weighted by Crippen LogP contribution is 2.30. The first-order chi connectivity index (χ1) is 14.1. The van der Waals surface area contributed by atoms with Crippen molar-refractivity contribution in [2.45, 2.75) is 19.4 Å². The van der Waals surface area contributed by atoms with Crippen LogP contribution in [0.3, 0.4) is 0 Å². The number of ether oxygens (including phenoxy) is 1. The van der Waals surface area contributed by atoms with E-state index in [-0.39, 0.29) is 17.7 Å². The third-order valence-corrected chi connectivity index (χ3v) is 4.74. The Kier molecular flexibility index (Phi) is 5.29. The predicted molar refractivity (Wildman–Crippen MR) is 110 cm³/mol. The zero-order chi connectivity index (χ0) is 20.2. The fourth-order valence-electron chi connectivity index (χ4n) is 2.85. The molecule has 2 N–H and O–H groups in total. The molecule has 0 spiro atoms. The largest absolute Gasteiger partial charge is 0.486 e. The van der Waals surface area contributed by atoms with Gasteiger partial charge in [-0.05, 0) is 55.3 Å². The smallest absolute Gasteiger partial charge is 0.255 e. The third kappa shape index (κ3) is 4.82. The Morgan fingerprint density at radius 3 is 2.59 bits per heavy atom. The van der Waals surface area contributed by atoms with Crippen molar-refractivity contribution in [3.05, 3.63) is 72.3 Å². The first-order valence-electron chi connectivity index (χ1n) is 9.50. The van der Waals surface area contributed by atoms with Crippen LogP contribution in [0.25, 0.3) is 0 Å². The van der Waals surface area contributed by atoms with Gasteiger partial charge in [0, 0.05) is 42.3 Å². The van der Waals surface area contributed by atoms with Gasteiger partial charge in [-0.1, -0.05) is 6.07 Å². The fourth-order valence-corrected chi connectivity index (χ4v) is 2.85. The van der Waals surface area contributed by atoms with Crippen LogP contribution in [0.5, 0.6) is 5.75 Å². The van der Waals surface area contributed by atoms with Gasteiger partial charge in [0.1, 0.15) is 18.2 Å². The van der Waals surface area contributed by atoms with E-state index in [1.807, 2.05) is 17.8 Å². The van der Waals surface area contributed by atoms with Gasteiger partial charge in [0.05, 0.1) is 0 Å². The summed E-state index contributed by atoms with van der Waals surface area (Å²) >= 11 is 0. The van der Waals surface area contributed by atoms with E-state index in [1.54, 1.807) is 54.7 Å². The number of aromatic nitrogens is 2. The number of hydrogen-bond donors (Lipinski definition) is 2. The van der Waals surface area contributed by atoms with E-state index in [9.17, 15) is 9.59 Å². The Bertz CT molecular complexity index is 1020. The SMILES string of the molecule is Cn1ccnc1COc1ccc(NC(=O)c2cccc(NC(=O)C3CC3)c2)cc1. The van der Waals surface area contributed by atoms with Crippen molar-refractivity contribution in [2.24, 2.45) is 13.0 Å². The number of rotatable bonds is 7. The molecule has 3 aromatic rings. The van der Waals surface area contributed by atoms with Crippen LogP contribution in [0.2, 0.25) is 0 Å². The summed E-state index contributed by atoms with van der Waals surface area (Å²) < 4.78 is 7.62. The van der Waals surface area contributed by atoms with E-state index in [0.717, 1.165) is 18.7 Å². The summed E-state index contributed by atoms with van der Waals surface area (Å²) in [5.74, 6) is 1.41. The van der Waals surface area contributed by atoms with Crippen molar-refractivity contribution in [1.29, 1.82) is 0 Å². The first kappa shape index (κ1) is 18.7. The molecule has 1 fully saturated rings. The molecule has 1 aliphatic carbocycles. The monoisotopic (exact) mass is 390 g/mol. The van der Waals surface area contributed by atoms with Crippen molar-refractivity contribution < 1.29 is 14.3 Å². The van der Waals surface area contributed by atoms with Gasteiger partial charge in [-0.15, -0.1) is 0 Å². The van der Waals surface area contributed by atoms with Crippen LogP contribution in [0.1, 0.15) is 29.0 Å². The number of carbonyl (C=O) groups excluding carboxylic acids is 2. The second-order valence-electron chi connectivity index (χ2n) is 7.07. The van der Waals surface area contributed by atoms with Gasteiger partial charge in [-0.25, -0.2) is 4.98 Å². The predicted octanol–water partition coefficient (Wildman–Crippen LogP) is 3.60. The van der Waals surface area contributed by atoms with Gasteiger partial charge in [-0.3, -0.25) is 9.59 Å². The molecule has 29 heavy (non-hydrogen) atoms. The number of nitrogens with zero attached hydrogens (tertiary/aromatic N) is 2. The molecule has 0 atom stereocenters. The number of nitrogens with one attached hydrogen (secondary N) is 2. The maximum atomic E-state index is 12.5. The van der Waals surface area contributed by atoms with Crippen LogP contribution in [-0.4, -0.2) is 21.4 Å². The molecular formula is C22H22N4O3. The van der Waals surface area contributed by atoms with Gasteiger partial charge in [0.2, 0.25) is 5.91 Å². The molecule has 1 heterocycles. The lowest BCUT2D eigenvalue weighted by Gasteiger charge is -2.10. The minimum atomic E-state index is -0.241. The molecule has 1 aromatic heterocycles. The minimum Gasteiger partial charge on any atom is -0.486 e. The van der Waals surface area contributed by atoms with E-state index in [4.69, 9.17) is 4.74 Å². The summed E-state index contributed by atoms with van der Waals surface area (Å²) in [6.45, 7) is 0.370. The Morgan fingerprint density at radius 1 is 1.10 bits per heavy atom. The van der Waals surface area contributed by atoms with Crippen molar-refractivity contribution in [1.82, 2.24) is 9.55 Å². The molecule has 4 rings (SSSR count). The molecule has 7 heteroatoms. The van der Waals surface area contributed by atoms with Crippen LogP contribution in [0.4, 0.5) is 11.4 Å². The van der Waals surface area contributed by atoms with Crippen LogP contribution in [-0.2, 0) is 18.4 Å². The number of amides is 2. The van der Waals surface area contributed by atoms with Crippen LogP contribution >= 0.6 is 0 Å². The highest BCUT2D eigenvalue weighted by Gasteiger charge is 2.29. The third-order valence-electron chi connectivity index (χ3n) is 4.74. The molecular weight excluding hydrogens is 368 g/mol. The Labute approximate surface area is 168 Å². The molecule has 0 aliphatic heterocycles. The lowest BCUT2D eigenvalue weighted by atomic mass is 10.1. The van der Waals surface area contributed by atoms with Crippen molar-refractivity contribution in [2.75, 3.05) is 10.6 Å². The summed E-state index contributed by atoms with van der Waals surface area (Å²) in [6.07, 6.45) is 5.47. The summed E-state index contributed by atoms with van der Waals surface area (Å²) in [5.41, 5.74) is 1.77. The van der Waals surface area contributed by atoms with E-state index < -0.39 is 0 Å². The van der Waals surface area contributed by atoms with Gasteiger partial charge in [0.15, 0.2) is 0 Å². The second kappa shape index (κ2) is 8.18. The maximum Gasteiger partial charge on any atom is 0.255 e. The standard InChI is InChI=1S/C22H22N4O3/c1-26-12-11-23-20(26)14-29-19-9-7-17(8-10-19)24-22(28)16-3-2-4-18(13-16)25-21(27)15-5-6-15/h2-4,7-13,15H,5-6,14H2,1H3,(H,24,28)(H,25,27). The number of hydrogen-bond acceptors (Lipinski definition) is 4. The molecule has 0 unspecified atom stereocenters. The zero-order valence-electron chi connectivity index (χ0n) is 16.1. The molecule has 148 valence electrons. The molecule has 1 saturated carbocycles. The van der Waals surface area contributed by atoms with Gasteiger partial charge < -0.3 is 19.9 Å². The Morgan fingerprint density at radius 2 is 1.90 bits per heavy atom. The van der Waals surface area contributed by atoms with Crippen LogP contribution in [0, 0.1) is 5.92 Å². The van der Waals surface area contributed by atoms with Gasteiger partial charge >= 0.3 is 0 Å². The summed E-state index contributed by atoms with van der Waals surface area (Å²) in [7, 11) is 1.91. The number of benzene rings is 2. The van der Waals surface area contributed by atoms with E-state index in [0.29, 0.717) is 29.3 Å². The average Bonchev–Trinajstić information content (AvgIpc) is 3.50. The molecule has 7 nitrogen and oxygen atoms in total. The lowest BCUT2D eigenvalue weighted by molar-refractivity contribution is -0.117. The Hall–Kier alpha value is -3.61. The number of aryl methyl sites for hydroxylation is 1. The summed E-state index contributed by atoms with van der Waals surface area (Å²) in [4.78, 5) is 28.6. The molecule has 2 aromatic carbocycles. The van der Waals surface area contributed by atoms with Crippen molar-refractivity contribution in [3.8, 4) is 5.75 Å². The first-order valence-corrected chi connectivity index (χ1v) is 9.50. The average molecular weight is 390 g/mol. The van der Waals surface area contributed by atoms with E-state index >= 15 is 0 Å². The number of carbonyl (C=O) groups is 2. The molecule has 0 radical (unpaired) electrons. The van der Waals surface area contributed by atoms with Crippen molar-refractivity contribution in [3.63, 3.8) is 0 Å².